The fourth-order valence-electron chi connectivity index (χ4n) is 3.35. The van der Waals surface area contributed by atoms with Gasteiger partial charge in [0.25, 0.3) is 10.0 Å². The van der Waals surface area contributed by atoms with Crippen molar-refractivity contribution in [1.29, 1.82) is 0 Å². The molecule has 0 bridgehead atoms. The van der Waals surface area contributed by atoms with Crippen molar-refractivity contribution in [2.45, 2.75) is 24.2 Å². The molecule has 1 saturated carbocycles. The molecule has 0 aromatic heterocycles. The van der Waals surface area contributed by atoms with Crippen LogP contribution in [0.2, 0.25) is 5.02 Å². The monoisotopic (exact) mass is 440 g/mol. The van der Waals surface area contributed by atoms with Gasteiger partial charge < -0.3 is 5.32 Å². The Balaban J connectivity index is 1.36. The lowest BCUT2D eigenvalue weighted by Crippen LogP contribution is -2.15. The van der Waals surface area contributed by atoms with Gasteiger partial charge in [0.1, 0.15) is 0 Å². The van der Waals surface area contributed by atoms with Gasteiger partial charge in [0.05, 0.1) is 4.90 Å². The van der Waals surface area contributed by atoms with Crippen LogP contribution in [0.15, 0.2) is 77.7 Å². The maximum absolute atomic E-state index is 12.5. The number of nitrogens with one attached hydrogen (secondary N) is 2. The number of halogens is 1. The van der Waals surface area contributed by atoms with Crippen molar-refractivity contribution in [2.24, 2.45) is 5.92 Å². The van der Waals surface area contributed by atoms with Crippen LogP contribution in [0.3, 0.4) is 0 Å². The average Bonchev–Trinajstić information content (AvgIpc) is 3.51. The standard InChI is InChI=1S/C23H21ClN2O3S/c1-15-2-12-20(13-3-15)30(28,29)26-19-10-8-18(9-11-19)25-23(27)22-14-21(22)16-4-6-17(24)7-5-16/h2-13,21-22,26H,14H2,1H3,(H,25,27)/t21-,22+/m1/s1. The molecule has 0 unspecified atom stereocenters. The molecular formula is C23H21ClN2O3S. The minimum atomic E-state index is -3.66. The van der Waals surface area contributed by atoms with E-state index >= 15 is 0 Å². The van der Waals surface area contributed by atoms with Gasteiger partial charge in [-0.15, -0.1) is 0 Å². The number of anilines is 2. The van der Waals surface area contributed by atoms with Crippen LogP contribution in [0.5, 0.6) is 0 Å². The van der Waals surface area contributed by atoms with Gasteiger partial charge in [0.2, 0.25) is 5.91 Å². The van der Waals surface area contributed by atoms with E-state index in [0.717, 1.165) is 17.5 Å². The zero-order chi connectivity index (χ0) is 21.3. The molecular weight excluding hydrogens is 420 g/mol. The molecule has 0 heterocycles. The van der Waals surface area contributed by atoms with Crippen molar-refractivity contribution >= 4 is 38.9 Å². The van der Waals surface area contributed by atoms with E-state index in [4.69, 9.17) is 11.6 Å². The molecule has 30 heavy (non-hydrogen) atoms. The summed E-state index contributed by atoms with van der Waals surface area (Å²) < 4.78 is 27.5. The van der Waals surface area contributed by atoms with E-state index in [9.17, 15) is 13.2 Å². The van der Waals surface area contributed by atoms with E-state index in [-0.39, 0.29) is 22.6 Å². The van der Waals surface area contributed by atoms with Gasteiger partial charge in [-0.05, 0) is 73.4 Å². The molecule has 7 heteroatoms. The number of amides is 1. The van der Waals surface area contributed by atoms with Gasteiger partial charge in [0, 0.05) is 22.3 Å². The predicted molar refractivity (Wildman–Crippen MR) is 119 cm³/mol. The number of benzene rings is 3. The van der Waals surface area contributed by atoms with Gasteiger partial charge in [-0.1, -0.05) is 41.4 Å². The van der Waals surface area contributed by atoms with Gasteiger partial charge >= 0.3 is 0 Å². The minimum absolute atomic E-state index is 0.0389. The topological polar surface area (TPSA) is 75.3 Å². The Hall–Kier alpha value is -2.83. The van der Waals surface area contributed by atoms with E-state index in [1.54, 1.807) is 48.5 Å². The van der Waals surface area contributed by atoms with Crippen molar-refractivity contribution in [1.82, 2.24) is 0 Å². The van der Waals surface area contributed by atoms with Crippen LogP contribution in [-0.4, -0.2) is 14.3 Å². The van der Waals surface area contributed by atoms with Crippen molar-refractivity contribution in [3.63, 3.8) is 0 Å². The molecule has 2 atom stereocenters. The summed E-state index contributed by atoms with van der Waals surface area (Å²) in [6.07, 6.45) is 0.807. The highest BCUT2D eigenvalue weighted by atomic mass is 35.5. The van der Waals surface area contributed by atoms with E-state index in [1.807, 2.05) is 31.2 Å². The summed E-state index contributed by atoms with van der Waals surface area (Å²) in [7, 11) is -3.66. The molecule has 5 nitrogen and oxygen atoms in total. The van der Waals surface area contributed by atoms with Crippen LogP contribution in [-0.2, 0) is 14.8 Å². The van der Waals surface area contributed by atoms with Crippen LogP contribution >= 0.6 is 11.6 Å². The number of aryl methyl sites for hydroxylation is 1. The van der Waals surface area contributed by atoms with Crippen molar-refractivity contribution in [3.05, 3.63) is 88.9 Å². The number of rotatable bonds is 6. The molecule has 4 rings (SSSR count). The fraction of sp³-hybridized carbons (Fsp3) is 0.174. The normalized spacial score (nSPS) is 17.9. The van der Waals surface area contributed by atoms with Gasteiger partial charge in [-0.2, -0.15) is 0 Å². The van der Waals surface area contributed by atoms with Crippen molar-refractivity contribution < 1.29 is 13.2 Å². The van der Waals surface area contributed by atoms with E-state index in [1.165, 1.54) is 0 Å². The number of carbonyl (C=O) groups excluding carboxylic acids is 1. The van der Waals surface area contributed by atoms with Gasteiger partial charge in [-0.25, -0.2) is 8.42 Å². The highest BCUT2D eigenvalue weighted by molar-refractivity contribution is 7.92. The minimum Gasteiger partial charge on any atom is -0.326 e. The first-order valence-corrected chi connectivity index (χ1v) is 11.4. The molecule has 0 aliphatic heterocycles. The van der Waals surface area contributed by atoms with Gasteiger partial charge in [-0.3, -0.25) is 9.52 Å². The summed E-state index contributed by atoms with van der Waals surface area (Å²) in [5, 5.41) is 3.58. The molecule has 1 amide bonds. The van der Waals surface area contributed by atoms with Crippen LogP contribution in [0.4, 0.5) is 11.4 Å². The molecule has 0 saturated heterocycles. The first-order valence-electron chi connectivity index (χ1n) is 9.58. The highest BCUT2D eigenvalue weighted by Gasteiger charge is 2.43. The van der Waals surface area contributed by atoms with Crippen LogP contribution < -0.4 is 10.0 Å². The average molecular weight is 441 g/mol. The maximum atomic E-state index is 12.5. The number of carbonyl (C=O) groups is 1. The van der Waals surface area contributed by atoms with Crippen molar-refractivity contribution in [3.8, 4) is 0 Å². The largest absolute Gasteiger partial charge is 0.326 e. The third-order valence-corrected chi connectivity index (χ3v) is 6.81. The first kappa shape index (κ1) is 20.4. The SMILES string of the molecule is Cc1ccc(S(=O)(=O)Nc2ccc(NC(=O)[C@H]3C[C@@H]3c3ccc(Cl)cc3)cc2)cc1. The Labute approximate surface area is 181 Å². The van der Waals surface area contributed by atoms with E-state index in [2.05, 4.69) is 10.0 Å². The molecule has 1 fully saturated rings. The summed E-state index contributed by atoms with van der Waals surface area (Å²) in [6, 6.07) is 20.8. The molecule has 2 N–H and O–H groups in total. The number of hydrogen-bond donors (Lipinski definition) is 2. The Morgan fingerprint density at radius 1 is 0.900 bits per heavy atom. The fourth-order valence-corrected chi connectivity index (χ4v) is 4.54. The highest BCUT2D eigenvalue weighted by Crippen LogP contribution is 2.48. The Bertz CT molecular complexity index is 1160. The Kier molecular flexibility index (Phi) is 5.54. The van der Waals surface area contributed by atoms with E-state index in [0.29, 0.717) is 16.4 Å². The van der Waals surface area contributed by atoms with Crippen LogP contribution in [0.25, 0.3) is 0 Å². The third-order valence-electron chi connectivity index (χ3n) is 5.16. The second kappa shape index (κ2) is 8.13. The molecule has 3 aromatic carbocycles. The second-order valence-corrected chi connectivity index (χ2v) is 9.60. The first-order chi connectivity index (χ1) is 14.3. The molecule has 3 aromatic rings. The number of sulfonamides is 1. The molecule has 0 spiro atoms. The summed E-state index contributed by atoms with van der Waals surface area (Å²) in [6.45, 7) is 1.90. The smallest absolute Gasteiger partial charge is 0.261 e. The molecule has 0 radical (unpaired) electrons. The maximum Gasteiger partial charge on any atom is 0.261 e. The number of hydrogen-bond acceptors (Lipinski definition) is 3. The molecule has 154 valence electrons. The van der Waals surface area contributed by atoms with Crippen molar-refractivity contribution in [2.75, 3.05) is 10.0 Å². The summed E-state index contributed by atoms with van der Waals surface area (Å²) in [5.74, 6) is 0.108. The zero-order valence-electron chi connectivity index (χ0n) is 16.3. The Morgan fingerprint density at radius 3 is 2.13 bits per heavy atom. The second-order valence-electron chi connectivity index (χ2n) is 7.49. The quantitative estimate of drug-likeness (QED) is 0.553. The summed E-state index contributed by atoms with van der Waals surface area (Å²) in [4.78, 5) is 12.7. The zero-order valence-corrected chi connectivity index (χ0v) is 17.9. The lowest BCUT2D eigenvalue weighted by molar-refractivity contribution is -0.117. The Morgan fingerprint density at radius 2 is 1.50 bits per heavy atom. The lowest BCUT2D eigenvalue weighted by atomic mass is 10.1. The third kappa shape index (κ3) is 4.66. The summed E-state index contributed by atoms with van der Waals surface area (Å²) in [5.41, 5.74) is 3.16. The molecule has 1 aliphatic carbocycles. The lowest BCUT2D eigenvalue weighted by Gasteiger charge is -2.10. The summed E-state index contributed by atoms with van der Waals surface area (Å²) >= 11 is 5.91. The predicted octanol–water partition coefficient (Wildman–Crippen LogP) is 5.19. The van der Waals surface area contributed by atoms with E-state index < -0.39 is 10.0 Å². The van der Waals surface area contributed by atoms with Crippen LogP contribution in [0.1, 0.15) is 23.5 Å². The van der Waals surface area contributed by atoms with Gasteiger partial charge in [0.15, 0.2) is 0 Å². The van der Waals surface area contributed by atoms with Crippen LogP contribution in [0, 0.1) is 12.8 Å². The molecule has 1 aliphatic rings.